The standard InChI is InChI=1S/C56H68O16/c1-37-41-29-49-51-31-43(41)38(2)44-32-52-50(30-42(37)44)66-22-14-58-6-8-62-18-26-70-54-34-46-39(3)45-33-53(69-25-17-61-7-5-57-13-21-65-49)55(71-27-19-63-11-9-59-15-23-67-51)35-47(45)40(4)48(46)36-56(54)72-28-20-64-12-10-60-16-24-68-52/h29-36H,5-28H2,1-4H3. The van der Waals surface area contributed by atoms with Crippen LogP contribution in [-0.2, 0) is 37.9 Å². The number of ether oxygens (including phenoxy) is 16. The first-order valence-corrected chi connectivity index (χ1v) is 25.2. The molecule has 388 valence electrons. The van der Waals surface area contributed by atoms with Crippen molar-refractivity contribution in [3.8, 4) is 46.0 Å². The molecular weight excluding hydrogens is 929 g/mol. The molecule has 0 fully saturated rings. The number of fused-ring (bicyclic) bond motifs is 8. The maximum atomic E-state index is 6.41. The molecule has 0 N–H and O–H groups in total. The van der Waals surface area contributed by atoms with Gasteiger partial charge in [0, 0.05) is 0 Å². The van der Waals surface area contributed by atoms with E-state index < -0.39 is 0 Å². The van der Waals surface area contributed by atoms with Crippen LogP contribution in [0.3, 0.4) is 0 Å². The molecule has 0 radical (unpaired) electrons. The monoisotopic (exact) mass is 996 g/mol. The number of benzene rings is 6. The summed E-state index contributed by atoms with van der Waals surface area (Å²) in [6.45, 7) is 16.7. The molecule has 0 aliphatic carbocycles. The van der Waals surface area contributed by atoms with Crippen LogP contribution in [0.15, 0.2) is 48.5 Å². The van der Waals surface area contributed by atoms with Crippen molar-refractivity contribution >= 4 is 43.1 Å². The van der Waals surface area contributed by atoms with Gasteiger partial charge in [0.2, 0.25) is 0 Å². The fourth-order valence-corrected chi connectivity index (χ4v) is 9.18. The predicted octanol–water partition coefficient (Wildman–Crippen LogP) is 8.44. The number of hydrogen-bond acceptors (Lipinski definition) is 16. The van der Waals surface area contributed by atoms with Crippen molar-refractivity contribution < 1.29 is 75.8 Å². The molecule has 6 aromatic carbocycles. The summed E-state index contributed by atoms with van der Waals surface area (Å²) in [5, 5.41) is 8.19. The van der Waals surface area contributed by atoms with Crippen LogP contribution >= 0.6 is 0 Å². The van der Waals surface area contributed by atoms with Crippen LogP contribution < -0.4 is 37.9 Å². The van der Waals surface area contributed by atoms with Crippen molar-refractivity contribution in [2.45, 2.75) is 27.7 Å². The van der Waals surface area contributed by atoms with E-state index in [1.165, 1.54) is 0 Å². The fourth-order valence-electron chi connectivity index (χ4n) is 9.18. The molecule has 0 atom stereocenters. The van der Waals surface area contributed by atoms with Gasteiger partial charge in [0.15, 0.2) is 46.0 Å². The molecule has 8 rings (SSSR count). The van der Waals surface area contributed by atoms with Gasteiger partial charge in [-0.25, -0.2) is 0 Å². The first-order valence-electron chi connectivity index (χ1n) is 25.2. The summed E-state index contributed by atoms with van der Waals surface area (Å²) in [7, 11) is 0. The van der Waals surface area contributed by atoms with Gasteiger partial charge in [-0.3, -0.25) is 0 Å². The van der Waals surface area contributed by atoms with Gasteiger partial charge >= 0.3 is 0 Å². The molecule has 72 heavy (non-hydrogen) atoms. The minimum atomic E-state index is 0.302. The van der Waals surface area contributed by atoms with Gasteiger partial charge in [-0.15, -0.1) is 0 Å². The van der Waals surface area contributed by atoms with E-state index in [1.807, 2.05) is 48.5 Å². The summed E-state index contributed by atoms with van der Waals surface area (Å²) >= 11 is 0. The first kappa shape index (κ1) is 51.3. The lowest BCUT2D eigenvalue weighted by Crippen LogP contribution is -2.16. The average molecular weight is 997 g/mol. The van der Waals surface area contributed by atoms with Gasteiger partial charge in [0.05, 0.1) is 106 Å². The second-order valence-corrected chi connectivity index (χ2v) is 17.6. The highest BCUT2D eigenvalue weighted by molar-refractivity contribution is 6.08. The van der Waals surface area contributed by atoms with Gasteiger partial charge in [0.1, 0.15) is 52.9 Å². The minimum Gasteiger partial charge on any atom is -0.487 e. The van der Waals surface area contributed by atoms with Crippen molar-refractivity contribution in [2.24, 2.45) is 0 Å². The van der Waals surface area contributed by atoms with Gasteiger partial charge in [0.25, 0.3) is 0 Å². The first-order chi connectivity index (χ1) is 35.4. The van der Waals surface area contributed by atoms with Crippen LogP contribution in [0.5, 0.6) is 46.0 Å². The SMILES string of the molecule is Cc1c2cc3c4cc2c(C)c2cc5c(cc12)OCCOCCOCCOc1cc2c(C)c6cc(c(cc6c(C)c2cc1OCCOCCOCCO5)OCCOCCOCCO4)OCCOCCOCCO3. The molecule has 2 heterocycles. The lowest BCUT2D eigenvalue weighted by Gasteiger charge is -2.20. The zero-order valence-electron chi connectivity index (χ0n) is 42.1. The van der Waals surface area contributed by atoms with Crippen LogP contribution in [0.1, 0.15) is 22.3 Å². The molecule has 16 heteroatoms. The van der Waals surface area contributed by atoms with Gasteiger partial charge < -0.3 is 75.8 Å². The molecule has 2 aliphatic heterocycles. The lowest BCUT2D eigenvalue weighted by molar-refractivity contribution is 0.0224. The van der Waals surface area contributed by atoms with E-state index in [4.69, 9.17) is 75.8 Å². The summed E-state index contributed by atoms with van der Waals surface area (Å²) in [5.74, 6) is 4.84. The number of hydrogen-bond donors (Lipinski definition) is 0. The van der Waals surface area contributed by atoms with Crippen LogP contribution in [0.2, 0.25) is 0 Å². The molecule has 0 amide bonds. The van der Waals surface area contributed by atoms with Gasteiger partial charge in [-0.2, -0.15) is 0 Å². The van der Waals surface area contributed by atoms with Crippen LogP contribution in [0.25, 0.3) is 43.1 Å². The summed E-state index contributed by atoms with van der Waals surface area (Å²) in [6, 6.07) is 16.4. The molecule has 6 aromatic rings. The second kappa shape index (κ2) is 25.9. The molecule has 0 unspecified atom stereocenters. The summed E-state index contributed by atoms with van der Waals surface area (Å²) in [5.41, 5.74) is 4.22. The largest absolute Gasteiger partial charge is 0.487 e. The zero-order valence-corrected chi connectivity index (χ0v) is 42.1. The molecular formula is C56H68O16. The van der Waals surface area contributed by atoms with E-state index in [9.17, 15) is 0 Å². The fraction of sp³-hybridized carbons (Fsp3) is 0.500. The van der Waals surface area contributed by atoms with Crippen molar-refractivity contribution in [3.05, 3.63) is 70.8 Å². The van der Waals surface area contributed by atoms with Gasteiger partial charge in [-0.05, 0) is 142 Å². The van der Waals surface area contributed by atoms with Crippen molar-refractivity contribution in [1.29, 1.82) is 0 Å². The Balaban J connectivity index is 1.08. The third-order valence-corrected chi connectivity index (χ3v) is 12.9. The zero-order chi connectivity index (χ0) is 49.5. The van der Waals surface area contributed by atoms with E-state index in [-0.39, 0.29) is 0 Å². The summed E-state index contributed by atoms with van der Waals surface area (Å²) in [6.07, 6.45) is 0. The van der Waals surface area contributed by atoms with E-state index >= 15 is 0 Å². The molecule has 0 spiro atoms. The number of aryl methyl sites for hydroxylation is 4. The third-order valence-electron chi connectivity index (χ3n) is 12.9. The molecule has 0 saturated heterocycles. The molecule has 0 saturated carbocycles. The van der Waals surface area contributed by atoms with Crippen molar-refractivity contribution in [3.63, 3.8) is 0 Å². The van der Waals surface area contributed by atoms with Crippen molar-refractivity contribution in [2.75, 3.05) is 159 Å². The van der Waals surface area contributed by atoms with Crippen LogP contribution in [-0.4, -0.2) is 159 Å². The van der Waals surface area contributed by atoms with Gasteiger partial charge in [-0.1, -0.05) is 0 Å². The van der Waals surface area contributed by atoms with Crippen LogP contribution in [0.4, 0.5) is 0 Å². The average Bonchev–Trinajstić information content (AvgIpc) is 3.38. The lowest BCUT2D eigenvalue weighted by atomic mass is 9.92. The van der Waals surface area contributed by atoms with E-state index in [0.717, 1.165) is 65.3 Å². The molecule has 0 aromatic heterocycles. The highest BCUT2D eigenvalue weighted by Crippen LogP contribution is 2.45. The Hall–Kier alpha value is -5.56. The van der Waals surface area contributed by atoms with Crippen molar-refractivity contribution in [1.82, 2.24) is 0 Å². The molecule has 2 aliphatic rings. The number of rotatable bonds is 0. The maximum absolute atomic E-state index is 6.41. The Kier molecular flexibility index (Phi) is 18.5. The Bertz CT molecular complexity index is 2210. The third kappa shape index (κ3) is 12.8. The highest BCUT2D eigenvalue weighted by atomic mass is 16.6. The van der Waals surface area contributed by atoms with Crippen LogP contribution in [0, 0.1) is 27.7 Å². The van der Waals surface area contributed by atoms with E-state index in [1.54, 1.807) is 0 Å². The Labute approximate surface area is 420 Å². The highest BCUT2D eigenvalue weighted by Gasteiger charge is 2.21. The quantitative estimate of drug-likeness (QED) is 0.134. The smallest absolute Gasteiger partial charge is 0.161 e. The summed E-state index contributed by atoms with van der Waals surface area (Å²) in [4.78, 5) is 0. The van der Waals surface area contributed by atoms with E-state index in [2.05, 4.69) is 27.7 Å². The maximum Gasteiger partial charge on any atom is 0.161 e. The second-order valence-electron chi connectivity index (χ2n) is 17.6. The normalized spacial score (nSPS) is 18.5. The Morgan fingerprint density at radius 1 is 0.181 bits per heavy atom. The predicted molar refractivity (Wildman–Crippen MR) is 272 cm³/mol. The minimum absolute atomic E-state index is 0.302. The molecule has 16 nitrogen and oxygen atoms in total. The topological polar surface area (TPSA) is 148 Å². The van der Waals surface area contributed by atoms with E-state index in [0.29, 0.717) is 205 Å². The Morgan fingerprint density at radius 3 is 0.417 bits per heavy atom. The molecule has 0 bridgehead atoms. The summed E-state index contributed by atoms with van der Waals surface area (Å²) < 4.78 is 98.9. The Morgan fingerprint density at radius 2 is 0.292 bits per heavy atom.